The molecule has 0 saturated carbocycles. The van der Waals surface area contributed by atoms with Crippen molar-refractivity contribution in [1.82, 2.24) is 0 Å². The molecule has 0 radical (unpaired) electrons. The van der Waals surface area contributed by atoms with Gasteiger partial charge in [-0.05, 0) is 36.1 Å². The Morgan fingerprint density at radius 2 is 2.31 bits per heavy atom. The van der Waals surface area contributed by atoms with E-state index in [0.717, 1.165) is 5.56 Å². The molecule has 1 aliphatic rings. The first-order chi connectivity index (χ1) is 6.15. The maximum Gasteiger partial charge on any atom is 0.156 e. The Balaban J connectivity index is 2.58. The third-order valence-electron chi connectivity index (χ3n) is 2.51. The number of carbonyl (C=O) groups excluding carboxylic acids is 1. The summed E-state index contributed by atoms with van der Waals surface area (Å²) in [6, 6.07) is 4.19. The first-order valence-corrected chi connectivity index (χ1v) is 4.13. The van der Waals surface area contributed by atoms with E-state index in [1.54, 1.807) is 6.07 Å². The van der Waals surface area contributed by atoms with Gasteiger partial charge in [0.1, 0.15) is 11.4 Å². The van der Waals surface area contributed by atoms with Gasteiger partial charge in [0.05, 0.1) is 0 Å². The number of benzene rings is 1. The van der Waals surface area contributed by atoms with E-state index in [1.165, 1.54) is 12.1 Å². The molecule has 1 N–H and O–H groups in total. The summed E-state index contributed by atoms with van der Waals surface area (Å²) >= 11 is 0. The molecule has 1 atom stereocenters. The Bertz CT molecular complexity index is 362. The molecule has 2 rings (SSSR count). The van der Waals surface area contributed by atoms with Crippen molar-refractivity contribution in [2.45, 2.75) is 18.4 Å². The second-order valence-corrected chi connectivity index (χ2v) is 3.34. The quantitative estimate of drug-likeness (QED) is 0.658. The molecule has 0 fully saturated rings. The average Bonchev–Trinajstić information content (AvgIpc) is 2.45. The fraction of sp³-hybridized carbons (Fsp3) is 0.300. The van der Waals surface area contributed by atoms with Crippen molar-refractivity contribution in [3.05, 3.63) is 35.1 Å². The average molecular weight is 180 g/mol. The van der Waals surface area contributed by atoms with E-state index in [-0.39, 0.29) is 0 Å². The van der Waals surface area contributed by atoms with E-state index in [0.29, 0.717) is 24.7 Å². The molecule has 0 aliphatic heterocycles. The van der Waals surface area contributed by atoms with Gasteiger partial charge in [0, 0.05) is 0 Å². The highest BCUT2D eigenvalue weighted by Gasteiger charge is 2.36. The SMILES string of the molecule is O=CC1(O)CCc2ccc(F)cc21. The first-order valence-electron chi connectivity index (χ1n) is 4.13. The Labute approximate surface area is 75.0 Å². The van der Waals surface area contributed by atoms with Crippen molar-refractivity contribution < 1.29 is 14.3 Å². The fourth-order valence-corrected chi connectivity index (χ4v) is 1.75. The van der Waals surface area contributed by atoms with E-state index < -0.39 is 11.4 Å². The van der Waals surface area contributed by atoms with E-state index in [1.807, 2.05) is 0 Å². The third-order valence-corrected chi connectivity index (χ3v) is 2.51. The van der Waals surface area contributed by atoms with Crippen LogP contribution in [0.5, 0.6) is 0 Å². The third kappa shape index (κ3) is 1.16. The van der Waals surface area contributed by atoms with Crippen molar-refractivity contribution >= 4 is 6.29 Å². The molecular weight excluding hydrogens is 171 g/mol. The lowest BCUT2D eigenvalue weighted by molar-refractivity contribution is -0.124. The molecule has 13 heavy (non-hydrogen) atoms. The van der Waals surface area contributed by atoms with Gasteiger partial charge in [0.25, 0.3) is 0 Å². The van der Waals surface area contributed by atoms with Gasteiger partial charge in [0.15, 0.2) is 6.29 Å². The summed E-state index contributed by atoms with van der Waals surface area (Å²) in [5, 5.41) is 9.74. The minimum atomic E-state index is -1.46. The van der Waals surface area contributed by atoms with Crippen molar-refractivity contribution in [2.75, 3.05) is 0 Å². The number of aldehydes is 1. The second kappa shape index (κ2) is 2.64. The van der Waals surface area contributed by atoms with E-state index in [4.69, 9.17) is 0 Å². The Morgan fingerprint density at radius 3 is 3.00 bits per heavy atom. The zero-order valence-corrected chi connectivity index (χ0v) is 6.96. The summed E-state index contributed by atoms with van der Waals surface area (Å²) in [6.45, 7) is 0. The Kier molecular flexibility index (Phi) is 1.70. The molecule has 0 amide bonds. The van der Waals surface area contributed by atoms with Crippen LogP contribution in [0, 0.1) is 5.82 Å². The number of carbonyl (C=O) groups is 1. The normalized spacial score (nSPS) is 25.7. The van der Waals surface area contributed by atoms with Crippen LogP contribution >= 0.6 is 0 Å². The summed E-state index contributed by atoms with van der Waals surface area (Å²) in [6.07, 6.45) is 1.47. The van der Waals surface area contributed by atoms with Crippen LogP contribution in [-0.2, 0) is 16.8 Å². The Morgan fingerprint density at radius 1 is 1.54 bits per heavy atom. The van der Waals surface area contributed by atoms with Gasteiger partial charge in [-0.2, -0.15) is 0 Å². The highest BCUT2D eigenvalue weighted by Crippen LogP contribution is 2.35. The van der Waals surface area contributed by atoms with Crippen molar-refractivity contribution in [3.8, 4) is 0 Å². The van der Waals surface area contributed by atoms with E-state index in [9.17, 15) is 14.3 Å². The molecular formula is C10H9FO2. The van der Waals surface area contributed by atoms with Crippen LogP contribution in [0.1, 0.15) is 17.5 Å². The van der Waals surface area contributed by atoms with Gasteiger partial charge in [-0.3, -0.25) is 4.79 Å². The topological polar surface area (TPSA) is 37.3 Å². The monoisotopic (exact) mass is 180 g/mol. The summed E-state index contributed by atoms with van der Waals surface area (Å²) < 4.78 is 12.8. The van der Waals surface area contributed by atoms with Crippen LogP contribution in [0.4, 0.5) is 4.39 Å². The molecule has 1 aromatic carbocycles. The van der Waals surface area contributed by atoms with Crippen molar-refractivity contribution in [1.29, 1.82) is 0 Å². The number of aryl methyl sites for hydroxylation is 1. The molecule has 68 valence electrons. The Hall–Kier alpha value is -1.22. The van der Waals surface area contributed by atoms with Gasteiger partial charge in [0.2, 0.25) is 0 Å². The predicted octanol–water partition coefficient (Wildman–Crippen LogP) is 1.16. The van der Waals surface area contributed by atoms with E-state index in [2.05, 4.69) is 0 Å². The van der Waals surface area contributed by atoms with Crippen LogP contribution in [0.3, 0.4) is 0 Å². The lowest BCUT2D eigenvalue weighted by Gasteiger charge is -2.15. The minimum Gasteiger partial charge on any atom is -0.378 e. The number of aliphatic hydroxyl groups is 1. The summed E-state index contributed by atoms with van der Waals surface area (Å²) in [5.41, 5.74) is -0.184. The summed E-state index contributed by atoms with van der Waals surface area (Å²) in [7, 11) is 0. The maximum absolute atomic E-state index is 12.8. The highest BCUT2D eigenvalue weighted by molar-refractivity contribution is 5.68. The maximum atomic E-state index is 12.8. The number of halogens is 1. The summed E-state index contributed by atoms with van der Waals surface area (Å²) in [4.78, 5) is 10.6. The lowest BCUT2D eigenvalue weighted by atomic mass is 9.98. The van der Waals surface area contributed by atoms with Crippen LogP contribution < -0.4 is 0 Å². The molecule has 2 nitrogen and oxygen atoms in total. The van der Waals surface area contributed by atoms with Gasteiger partial charge in [-0.1, -0.05) is 6.07 Å². The molecule has 1 unspecified atom stereocenters. The molecule has 3 heteroatoms. The van der Waals surface area contributed by atoms with Crippen molar-refractivity contribution in [2.24, 2.45) is 0 Å². The standard InChI is InChI=1S/C10H9FO2/c11-8-2-1-7-3-4-10(13,6-12)9(7)5-8/h1-2,5-6,13H,3-4H2. The number of hydrogen-bond donors (Lipinski definition) is 1. The van der Waals surface area contributed by atoms with Gasteiger partial charge in [-0.15, -0.1) is 0 Å². The van der Waals surface area contributed by atoms with Gasteiger partial charge in [-0.25, -0.2) is 4.39 Å². The molecule has 1 aromatic rings. The highest BCUT2D eigenvalue weighted by atomic mass is 19.1. The van der Waals surface area contributed by atoms with Gasteiger partial charge >= 0.3 is 0 Å². The number of rotatable bonds is 1. The first kappa shape index (κ1) is 8.38. The molecule has 0 spiro atoms. The van der Waals surface area contributed by atoms with Crippen LogP contribution in [-0.4, -0.2) is 11.4 Å². The largest absolute Gasteiger partial charge is 0.378 e. The molecule has 0 saturated heterocycles. The van der Waals surface area contributed by atoms with E-state index >= 15 is 0 Å². The number of fused-ring (bicyclic) bond motifs is 1. The van der Waals surface area contributed by atoms with Crippen LogP contribution in [0.25, 0.3) is 0 Å². The molecule has 0 aromatic heterocycles. The minimum absolute atomic E-state index is 0.356. The number of hydrogen-bond acceptors (Lipinski definition) is 2. The molecule has 0 heterocycles. The second-order valence-electron chi connectivity index (χ2n) is 3.34. The zero-order chi connectivity index (χ0) is 9.47. The molecule has 0 bridgehead atoms. The van der Waals surface area contributed by atoms with Crippen molar-refractivity contribution in [3.63, 3.8) is 0 Å². The molecule has 1 aliphatic carbocycles. The summed E-state index contributed by atoms with van der Waals surface area (Å²) in [5.74, 6) is -0.416. The smallest absolute Gasteiger partial charge is 0.156 e. The van der Waals surface area contributed by atoms with Crippen LogP contribution in [0.2, 0.25) is 0 Å². The zero-order valence-electron chi connectivity index (χ0n) is 6.96. The van der Waals surface area contributed by atoms with Crippen LogP contribution in [0.15, 0.2) is 18.2 Å². The lowest BCUT2D eigenvalue weighted by Crippen LogP contribution is -2.23. The fourth-order valence-electron chi connectivity index (χ4n) is 1.75. The predicted molar refractivity (Wildman–Crippen MR) is 44.7 cm³/mol. The van der Waals surface area contributed by atoms with Gasteiger partial charge < -0.3 is 5.11 Å².